The molecule has 1 aliphatic heterocycles. The molecule has 1 fully saturated rings. The molecule has 1 rings (SSSR count). The number of hydrogen-bond donors (Lipinski definition) is 1. The number of nitrogens with one attached hydrogen (secondary N) is 1. The Labute approximate surface area is 72.2 Å². The van der Waals surface area contributed by atoms with Gasteiger partial charge in [0.15, 0.2) is 6.10 Å². The molecule has 1 N–H and O–H groups in total. The topological polar surface area (TPSA) is 47.6 Å². The fraction of sp³-hybridized carbons (Fsp3) is 0.875. The Bertz CT molecular complexity index is 160. The summed E-state index contributed by atoms with van der Waals surface area (Å²) in [7, 11) is 0. The van der Waals surface area contributed by atoms with Crippen LogP contribution in [0.1, 0.15) is 13.8 Å². The average Bonchev–Trinajstić information content (AvgIpc) is 2.05. The molecule has 0 spiro atoms. The molecule has 1 heterocycles. The van der Waals surface area contributed by atoms with Crippen LogP contribution in [-0.4, -0.2) is 37.9 Å². The van der Waals surface area contributed by atoms with Gasteiger partial charge in [-0.25, -0.2) is 4.79 Å². The van der Waals surface area contributed by atoms with Crippen molar-refractivity contribution in [1.29, 1.82) is 0 Å². The minimum atomic E-state index is -0.423. The minimum Gasteiger partial charge on any atom is -0.464 e. The van der Waals surface area contributed by atoms with E-state index < -0.39 is 6.10 Å². The van der Waals surface area contributed by atoms with Gasteiger partial charge in [0, 0.05) is 13.1 Å². The van der Waals surface area contributed by atoms with E-state index in [0.717, 1.165) is 6.54 Å². The molecule has 0 radical (unpaired) electrons. The Morgan fingerprint density at radius 1 is 1.67 bits per heavy atom. The number of ether oxygens (including phenoxy) is 2. The summed E-state index contributed by atoms with van der Waals surface area (Å²) in [5.74, 6) is -0.267. The summed E-state index contributed by atoms with van der Waals surface area (Å²) < 4.78 is 10.2. The number of carbonyl (C=O) groups excluding carboxylic acids is 1. The third kappa shape index (κ3) is 2.46. The first kappa shape index (κ1) is 9.48. The largest absolute Gasteiger partial charge is 0.464 e. The number of rotatable bonds is 2. The number of esters is 1. The molecule has 1 saturated heterocycles. The van der Waals surface area contributed by atoms with E-state index in [0.29, 0.717) is 13.2 Å². The second kappa shape index (κ2) is 4.42. The van der Waals surface area contributed by atoms with Crippen molar-refractivity contribution in [2.45, 2.75) is 26.1 Å². The lowest BCUT2D eigenvalue weighted by atomic mass is 10.2. The van der Waals surface area contributed by atoms with Crippen LogP contribution in [0.5, 0.6) is 0 Å². The van der Waals surface area contributed by atoms with Crippen LogP contribution in [0.4, 0.5) is 0 Å². The number of hydrogen-bond acceptors (Lipinski definition) is 4. The van der Waals surface area contributed by atoms with Crippen molar-refractivity contribution in [2.75, 3.05) is 19.7 Å². The van der Waals surface area contributed by atoms with Crippen molar-refractivity contribution < 1.29 is 14.3 Å². The first-order valence-electron chi connectivity index (χ1n) is 4.27. The van der Waals surface area contributed by atoms with Crippen molar-refractivity contribution in [3.63, 3.8) is 0 Å². The van der Waals surface area contributed by atoms with E-state index in [-0.39, 0.29) is 12.1 Å². The van der Waals surface area contributed by atoms with Gasteiger partial charge in [-0.2, -0.15) is 0 Å². The molecule has 0 aliphatic carbocycles. The minimum absolute atomic E-state index is 0.0909. The Morgan fingerprint density at radius 2 is 2.42 bits per heavy atom. The monoisotopic (exact) mass is 173 g/mol. The van der Waals surface area contributed by atoms with Gasteiger partial charge in [0.1, 0.15) is 0 Å². The summed E-state index contributed by atoms with van der Waals surface area (Å²) in [6, 6.07) is 0. The maximum Gasteiger partial charge on any atom is 0.336 e. The SMILES string of the molecule is CCOC(=O)C1CNC[C@H](C)O1. The molecule has 4 nitrogen and oxygen atoms in total. The molecular formula is C8H15NO3. The van der Waals surface area contributed by atoms with Crippen LogP contribution in [0.25, 0.3) is 0 Å². The van der Waals surface area contributed by atoms with Crippen LogP contribution in [0.15, 0.2) is 0 Å². The van der Waals surface area contributed by atoms with Crippen molar-refractivity contribution >= 4 is 5.97 Å². The fourth-order valence-corrected chi connectivity index (χ4v) is 1.17. The Hall–Kier alpha value is -0.610. The van der Waals surface area contributed by atoms with Gasteiger partial charge in [-0.15, -0.1) is 0 Å². The molecule has 0 aromatic heterocycles. The smallest absolute Gasteiger partial charge is 0.336 e. The van der Waals surface area contributed by atoms with Crippen molar-refractivity contribution in [3.8, 4) is 0 Å². The van der Waals surface area contributed by atoms with Gasteiger partial charge >= 0.3 is 5.97 Å². The zero-order valence-electron chi connectivity index (χ0n) is 7.50. The Morgan fingerprint density at radius 3 is 3.00 bits per heavy atom. The van der Waals surface area contributed by atoms with E-state index in [1.54, 1.807) is 6.92 Å². The van der Waals surface area contributed by atoms with E-state index in [1.807, 2.05) is 6.92 Å². The quantitative estimate of drug-likeness (QED) is 0.594. The lowest BCUT2D eigenvalue weighted by Crippen LogP contribution is -2.47. The van der Waals surface area contributed by atoms with Crippen LogP contribution in [0.3, 0.4) is 0 Å². The van der Waals surface area contributed by atoms with Gasteiger partial charge in [0.2, 0.25) is 0 Å². The van der Waals surface area contributed by atoms with Crippen LogP contribution in [-0.2, 0) is 14.3 Å². The van der Waals surface area contributed by atoms with Gasteiger partial charge < -0.3 is 14.8 Å². The maximum atomic E-state index is 11.2. The molecule has 0 bridgehead atoms. The molecular weight excluding hydrogens is 158 g/mol. The maximum absolute atomic E-state index is 11.2. The standard InChI is InChI=1S/C8H15NO3/c1-3-11-8(10)7-5-9-4-6(2)12-7/h6-7,9H,3-5H2,1-2H3/t6-,7?/m0/s1. The summed E-state index contributed by atoms with van der Waals surface area (Å²) in [6.07, 6.45) is -0.332. The lowest BCUT2D eigenvalue weighted by molar-refractivity contribution is -0.162. The molecule has 4 heteroatoms. The Kier molecular flexibility index (Phi) is 3.49. The molecule has 0 aromatic carbocycles. The average molecular weight is 173 g/mol. The highest BCUT2D eigenvalue weighted by molar-refractivity contribution is 5.75. The van der Waals surface area contributed by atoms with E-state index >= 15 is 0 Å². The second-order valence-corrected chi connectivity index (χ2v) is 2.85. The highest BCUT2D eigenvalue weighted by atomic mass is 16.6. The van der Waals surface area contributed by atoms with Gasteiger partial charge in [-0.1, -0.05) is 0 Å². The molecule has 12 heavy (non-hydrogen) atoms. The predicted octanol–water partition coefficient (Wildman–Crippen LogP) is -0.0736. The van der Waals surface area contributed by atoms with Crippen molar-refractivity contribution in [3.05, 3.63) is 0 Å². The molecule has 0 aromatic rings. The Balaban J connectivity index is 2.35. The number of morpholine rings is 1. The van der Waals surface area contributed by atoms with E-state index in [9.17, 15) is 4.79 Å². The zero-order chi connectivity index (χ0) is 8.97. The summed E-state index contributed by atoms with van der Waals surface area (Å²) in [4.78, 5) is 11.2. The molecule has 1 unspecified atom stereocenters. The lowest BCUT2D eigenvalue weighted by Gasteiger charge is -2.26. The van der Waals surface area contributed by atoms with Gasteiger partial charge in [-0.3, -0.25) is 0 Å². The summed E-state index contributed by atoms with van der Waals surface area (Å²) in [5, 5.41) is 3.10. The summed E-state index contributed by atoms with van der Waals surface area (Å²) in [6.45, 7) is 5.49. The second-order valence-electron chi connectivity index (χ2n) is 2.85. The van der Waals surface area contributed by atoms with E-state index in [1.165, 1.54) is 0 Å². The molecule has 1 aliphatic rings. The normalized spacial score (nSPS) is 29.8. The van der Waals surface area contributed by atoms with Crippen LogP contribution in [0.2, 0.25) is 0 Å². The first-order chi connectivity index (χ1) is 5.74. The molecule has 0 amide bonds. The van der Waals surface area contributed by atoms with Gasteiger partial charge in [0.05, 0.1) is 12.7 Å². The number of carbonyl (C=O) groups is 1. The first-order valence-corrected chi connectivity index (χ1v) is 4.27. The predicted molar refractivity (Wildman–Crippen MR) is 43.8 cm³/mol. The van der Waals surface area contributed by atoms with Gasteiger partial charge in [-0.05, 0) is 13.8 Å². The van der Waals surface area contributed by atoms with Crippen LogP contribution in [0, 0.1) is 0 Å². The van der Waals surface area contributed by atoms with Crippen molar-refractivity contribution in [1.82, 2.24) is 5.32 Å². The van der Waals surface area contributed by atoms with Gasteiger partial charge in [0.25, 0.3) is 0 Å². The summed E-state index contributed by atoms with van der Waals surface area (Å²) >= 11 is 0. The third-order valence-electron chi connectivity index (χ3n) is 1.71. The van der Waals surface area contributed by atoms with Crippen LogP contribution < -0.4 is 5.32 Å². The zero-order valence-corrected chi connectivity index (χ0v) is 7.50. The highest BCUT2D eigenvalue weighted by Crippen LogP contribution is 2.04. The fourth-order valence-electron chi connectivity index (χ4n) is 1.17. The van der Waals surface area contributed by atoms with Crippen molar-refractivity contribution in [2.24, 2.45) is 0 Å². The highest BCUT2D eigenvalue weighted by Gasteiger charge is 2.26. The van der Waals surface area contributed by atoms with Crippen LogP contribution >= 0.6 is 0 Å². The summed E-state index contributed by atoms with van der Waals surface area (Å²) in [5.41, 5.74) is 0. The molecule has 0 saturated carbocycles. The third-order valence-corrected chi connectivity index (χ3v) is 1.71. The molecule has 70 valence electrons. The molecule has 2 atom stereocenters. The van der Waals surface area contributed by atoms with E-state index in [4.69, 9.17) is 9.47 Å². The van der Waals surface area contributed by atoms with E-state index in [2.05, 4.69) is 5.32 Å².